The van der Waals surface area contributed by atoms with E-state index in [4.69, 9.17) is 9.84 Å². The summed E-state index contributed by atoms with van der Waals surface area (Å²) in [5.41, 5.74) is 0.514. The maximum absolute atomic E-state index is 14.2. The monoisotopic (exact) mass is 633 g/mol. The van der Waals surface area contributed by atoms with Gasteiger partial charge in [-0.1, -0.05) is 89.4 Å². The van der Waals surface area contributed by atoms with Crippen LogP contribution in [0.4, 0.5) is 5.69 Å². The van der Waals surface area contributed by atoms with Crippen LogP contribution in [0.3, 0.4) is 0 Å². The Morgan fingerprint density at radius 3 is 2.48 bits per heavy atom. The van der Waals surface area contributed by atoms with Gasteiger partial charge in [-0.05, 0) is 47.7 Å². The van der Waals surface area contributed by atoms with Crippen molar-refractivity contribution in [1.29, 1.82) is 0 Å². The third-order valence-corrected chi connectivity index (χ3v) is 9.82. The Hall–Kier alpha value is -3.27. The van der Waals surface area contributed by atoms with Crippen LogP contribution >= 0.6 is 15.9 Å². The van der Waals surface area contributed by atoms with E-state index in [0.29, 0.717) is 38.0 Å². The lowest BCUT2D eigenvalue weighted by Gasteiger charge is -2.34. The minimum absolute atomic E-state index is 0.131. The number of hydrogen-bond donors (Lipinski definition) is 3. The highest BCUT2D eigenvalue weighted by Gasteiger charge is 2.76. The Kier molecular flexibility index (Phi) is 8.34. The van der Waals surface area contributed by atoms with Crippen molar-refractivity contribution >= 4 is 50.1 Å². The normalized spacial score (nSPS) is 27.8. The number of carbonyl (C=O) groups is 3. The van der Waals surface area contributed by atoms with Crippen molar-refractivity contribution in [1.82, 2.24) is 10.2 Å². The fraction of sp³-hybridized carbons (Fsp3) is 0.424. The Morgan fingerprint density at radius 1 is 0.952 bits per heavy atom. The molecule has 1 spiro atoms. The molecule has 3 heterocycles. The molecule has 9 heteroatoms. The number of benzene rings is 3. The number of fused-ring (bicyclic) bond motifs is 2. The molecule has 0 aliphatic carbocycles. The highest BCUT2D eigenvalue weighted by Crippen LogP contribution is 2.60. The van der Waals surface area contributed by atoms with Gasteiger partial charge in [-0.2, -0.15) is 0 Å². The van der Waals surface area contributed by atoms with Gasteiger partial charge < -0.3 is 25.4 Å². The maximum Gasteiger partial charge on any atom is 0.250 e. The summed E-state index contributed by atoms with van der Waals surface area (Å²) in [6.07, 6.45) is 3.03. The molecule has 3 saturated heterocycles. The molecule has 2 bridgehead atoms. The van der Waals surface area contributed by atoms with Gasteiger partial charge in [0.2, 0.25) is 17.7 Å². The third-order valence-electron chi connectivity index (χ3n) is 8.97. The number of nitrogens with zero attached hydrogens (tertiary/aromatic N) is 1. The lowest BCUT2D eigenvalue weighted by Crippen LogP contribution is -2.54. The number of nitrogens with one attached hydrogen (secondary N) is 2. The molecule has 3 unspecified atom stereocenters. The van der Waals surface area contributed by atoms with Crippen LogP contribution in [0.2, 0.25) is 0 Å². The van der Waals surface area contributed by atoms with Gasteiger partial charge in [0.05, 0.1) is 17.9 Å². The molecular weight excluding hydrogens is 598 g/mol. The Labute approximate surface area is 253 Å². The average Bonchev–Trinajstić information content (AvgIpc) is 3.59. The van der Waals surface area contributed by atoms with Crippen molar-refractivity contribution < 1.29 is 24.2 Å². The van der Waals surface area contributed by atoms with Crippen LogP contribution in [0.1, 0.15) is 37.7 Å². The molecule has 3 N–H and O–H groups in total. The van der Waals surface area contributed by atoms with E-state index in [1.165, 1.54) is 0 Å². The molecular formula is C33H36BrN3O5. The molecule has 3 aromatic rings. The first-order chi connectivity index (χ1) is 20.4. The summed E-state index contributed by atoms with van der Waals surface area (Å²) >= 11 is 3.73. The van der Waals surface area contributed by atoms with Crippen molar-refractivity contribution in [3.63, 3.8) is 0 Å². The van der Waals surface area contributed by atoms with E-state index in [-0.39, 0.29) is 29.2 Å². The molecule has 3 fully saturated rings. The molecule has 3 aromatic carbocycles. The Bertz CT molecular complexity index is 1470. The minimum atomic E-state index is -1.10. The number of ether oxygens (including phenoxy) is 1. The highest BCUT2D eigenvalue weighted by atomic mass is 79.9. The molecule has 0 aromatic heterocycles. The van der Waals surface area contributed by atoms with Gasteiger partial charge in [-0.25, -0.2) is 0 Å². The van der Waals surface area contributed by atoms with E-state index >= 15 is 0 Å². The van der Waals surface area contributed by atoms with E-state index in [1.54, 1.807) is 4.90 Å². The van der Waals surface area contributed by atoms with E-state index in [2.05, 4.69) is 26.6 Å². The Morgan fingerprint density at radius 2 is 1.69 bits per heavy atom. The quantitative estimate of drug-likeness (QED) is 0.214. The standard InChI is InChI=1S/C33H36BrN3O5/c34-25-19-33-27(26(28(25)42-33)30(39)35-20-21-10-4-3-5-11-21)32(41)37(16-8-1-2-9-17-38)29(33)31(40)36-24-15-14-22-12-6-7-13-23(22)18-24/h3-7,10-15,18,25-29,38H,1-2,8-9,16-17,19-20H2,(H,35,39)(H,36,40)/t25?,26-,27+,28-,29?,33?/m1/s1. The number of alkyl halides is 1. The second kappa shape index (κ2) is 12.1. The Balaban J connectivity index is 1.28. The lowest BCUT2D eigenvalue weighted by molar-refractivity contribution is -0.140. The van der Waals surface area contributed by atoms with Crippen molar-refractivity contribution in [3.05, 3.63) is 78.4 Å². The topological polar surface area (TPSA) is 108 Å². The number of rotatable bonds is 11. The fourth-order valence-corrected chi connectivity index (χ4v) is 8.04. The van der Waals surface area contributed by atoms with Crippen LogP contribution in [0.15, 0.2) is 72.8 Å². The van der Waals surface area contributed by atoms with Crippen molar-refractivity contribution in [2.45, 2.75) is 61.2 Å². The molecule has 6 atom stereocenters. The molecule has 3 aliphatic heterocycles. The number of aliphatic hydroxyl groups excluding tert-OH is 1. The average molecular weight is 635 g/mol. The van der Waals surface area contributed by atoms with Crippen molar-refractivity contribution in [3.8, 4) is 0 Å². The second-order valence-electron chi connectivity index (χ2n) is 11.6. The summed E-state index contributed by atoms with van der Waals surface area (Å²) in [6, 6.07) is 22.5. The van der Waals surface area contributed by atoms with Crippen LogP contribution < -0.4 is 10.6 Å². The molecule has 6 rings (SSSR count). The van der Waals surface area contributed by atoms with Gasteiger partial charge in [-0.3, -0.25) is 14.4 Å². The number of hydrogen-bond acceptors (Lipinski definition) is 5. The number of unbranched alkanes of at least 4 members (excludes halogenated alkanes) is 3. The molecule has 8 nitrogen and oxygen atoms in total. The first kappa shape index (κ1) is 28.8. The number of likely N-dealkylation sites (tertiary alicyclic amines) is 1. The van der Waals surface area contributed by atoms with E-state index in [0.717, 1.165) is 29.2 Å². The minimum Gasteiger partial charge on any atom is -0.396 e. The molecule has 220 valence electrons. The zero-order valence-corrected chi connectivity index (χ0v) is 25.0. The number of anilines is 1. The second-order valence-corrected chi connectivity index (χ2v) is 12.8. The van der Waals surface area contributed by atoms with Crippen LogP contribution in [0, 0.1) is 11.8 Å². The van der Waals surface area contributed by atoms with E-state index in [9.17, 15) is 14.4 Å². The van der Waals surface area contributed by atoms with Crippen molar-refractivity contribution in [2.75, 3.05) is 18.5 Å². The molecule has 3 aliphatic rings. The zero-order valence-electron chi connectivity index (χ0n) is 23.4. The molecule has 3 amide bonds. The van der Waals surface area contributed by atoms with Gasteiger partial charge in [-0.15, -0.1) is 0 Å². The van der Waals surface area contributed by atoms with Gasteiger partial charge in [0.25, 0.3) is 0 Å². The summed E-state index contributed by atoms with van der Waals surface area (Å²) in [6.45, 7) is 0.869. The smallest absolute Gasteiger partial charge is 0.250 e. The van der Waals surface area contributed by atoms with E-state index < -0.39 is 29.6 Å². The van der Waals surface area contributed by atoms with Crippen LogP contribution in [0.5, 0.6) is 0 Å². The largest absolute Gasteiger partial charge is 0.396 e. The third kappa shape index (κ3) is 5.23. The van der Waals surface area contributed by atoms with Crippen LogP contribution in [0.25, 0.3) is 10.8 Å². The number of amides is 3. The van der Waals surface area contributed by atoms with Crippen LogP contribution in [-0.2, 0) is 25.7 Å². The summed E-state index contributed by atoms with van der Waals surface area (Å²) in [4.78, 5) is 43.4. The summed E-state index contributed by atoms with van der Waals surface area (Å²) in [7, 11) is 0. The number of carbonyl (C=O) groups excluding carboxylic acids is 3. The van der Waals surface area contributed by atoms with Crippen LogP contribution in [-0.4, -0.2) is 63.5 Å². The van der Waals surface area contributed by atoms with Gasteiger partial charge in [0.1, 0.15) is 11.6 Å². The van der Waals surface area contributed by atoms with Crippen molar-refractivity contribution in [2.24, 2.45) is 11.8 Å². The first-order valence-corrected chi connectivity index (χ1v) is 15.7. The lowest BCUT2D eigenvalue weighted by atomic mass is 9.70. The number of halogens is 1. The van der Waals surface area contributed by atoms with Gasteiger partial charge >= 0.3 is 0 Å². The highest BCUT2D eigenvalue weighted by molar-refractivity contribution is 9.09. The summed E-state index contributed by atoms with van der Waals surface area (Å²) in [5, 5.41) is 17.3. The molecule has 0 radical (unpaired) electrons. The predicted octanol–water partition coefficient (Wildman–Crippen LogP) is 4.40. The predicted molar refractivity (Wildman–Crippen MR) is 164 cm³/mol. The summed E-state index contributed by atoms with van der Waals surface area (Å²) in [5.74, 6) is -2.17. The van der Waals surface area contributed by atoms with Gasteiger partial charge in [0.15, 0.2) is 0 Å². The molecule has 42 heavy (non-hydrogen) atoms. The fourth-order valence-electron chi connectivity index (χ4n) is 7.10. The SMILES string of the molecule is O=C(Nc1ccc2ccccc2c1)C1N(CCCCCCO)C(=O)[C@@H]2[C@@H](C(=O)NCc3ccccc3)[C@@H]3OC12CC3Br. The number of aliphatic hydroxyl groups is 1. The zero-order chi connectivity index (χ0) is 29.3. The van der Waals surface area contributed by atoms with E-state index in [1.807, 2.05) is 72.8 Å². The summed E-state index contributed by atoms with van der Waals surface area (Å²) < 4.78 is 6.61. The van der Waals surface area contributed by atoms with Gasteiger partial charge in [0, 0.05) is 30.2 Å². The molecule has 0 saturated carbocycles. The maximum atomic E-state index is 14.2. The first-order valence-electron chi connectivity index (χ1n) is 14.8.